The van der Waals surface area contributed by atoms with Gasteiger partial charge in [-0.15, -0.1) is 0 Å². The van der Waals surface area contributed by atoms with Gasteiger partial charge in [0.25, 0.3) is 0 Å². The van der Waals surface area contributed by atoms with Crippen LogP contribution in [0, 0.1) is 0 Å². The van der Waals surface area contributed by atoms with E-state index >= 15 is 0 Å². The standard InChI is InChI=1S/C10H8ClN3S/c11-7-1-2-9(8(12)5-7)15-10-6-13-3-4-14-10/h1-6H,12H2. The summed E-state index contributed by atoms with van der Waals surface area (Å²) < 4.78 is 0. The molecule has 2 aromatic rings. The van der Waals surface area contributed by atoms with Gasteiger partial charge in [0.05, 0.1) is 6.20 Å². The first-order chi connectivity index (χ1) is 7.25. The Hall–Kier alpha value is -1.26. The molecule has 0 saturated heterocycles. The average molecular weight is 238 g/mol. The van der Waals surface area contributed by atoms with E-state index in [0.29, 0.717) is 10.7 Å². The molecule has 0 spiro atoms. The number of halogens is 1. The highest BCUT2D eigenvalue weighted by Crippen LogP contribution is 2.31. The molecule has 0 unspecified atom stereocenters. The minimum atomic E-state index is 0.635. The summed E-state index contributed by atoms with van der Waals surface area (Å²) in [6.07, 6.45) is 4.97. The maximum atomic E-state index is 5.82. The molecule has 0 saturated carbocycles. The van der Waals surface area contributed by atoms with Gasteiger partial charge in [0.15, 0.2) is 0 Å². The Bertz CT molecular complexity index is 461. The minimum absolute atomic E-state index is 0.635. The number of anilines is 1. The Morgan fingerprint density at radius 1 is 1.27 bits per heavy atom. The summed E-state index contributed by atoms with van der Waals surface area (Å²) in [5.74, 6) is 0. The van der Waals surface area contributed by atoms with E-state index in [1.54, 1.807) is 30.7 Å². The summed E-state index contributed by atoms with van der Waals surface area (Å²) in [5, 5.41) is 1.45. The van der Waals surface area contributed by atoms with Gasteiger partial charge >= 0.3 is 0 Å². The highest BCUT2D eigenvalue weighted by atomic mass is 35.5. The SMILES string of the molecule is Nc1cc(Cl)ccc1Sc1cnccn1. The zero-order valence-electron chi connectivity index (χ0n) is 7.72. The van der Waals surface area contributed by atoms with Crippen LogP contribution in [-0.4, -0.2) is 9.97 Å². The van der Waals surface area contributed by atoms with Crippen LogP contribution in [0.3, 0.4) is 0 Å². The Labute approximate surface area is 96.7 Å². The van der Waals surface area contributed by atoms with Gasteiger partial charge in [-0.25, -0.2) is 4.98 Å². The van der Waals surface area contributed by atoms with Crippen LogP contribution in [0.2, 0.25) is 5.02 Å². The largest absolute Gasteiger partial charge is 0.398 e. The zero-order valence-corrected chi connectivity index (χ0v) is 9.29. The molecule has 76 valence electrons. The molecule has 1 aromatic heterocycles. The molecule has 0 amide bonds. The fourth-order valence-corrected chi connectivity index (χ4v) is 2.01. The summed E-state index contributed by atoms with van der Waals surface area (Å²) in [4.78, 5) is 9.06. The normalized spacial score (nSPS) is 10.2. The van der Waals surface area contributed by atoms with E-state index in [2.05, 4.69) is 9.97 Å². The van der Waals surface area contributed by atoms with E-state index in [4.69, 9.17) is 17.3 Å². The van der Waals surface area contributed by atoms with Crippen molar-refractivity contribution in [1.29, 1.82) is 0 Å². The molecule has 5 heteroatoms. The minimum Gasteiger partial charge on any atom is -0.398 e. The Kier molecular flexibility index (Phi) is 3.08. The van der Waals surface area contributed by atoms with E-state index in [1.165, 1.54) is 11.8 Å². The number of nitrogen functional groups attached to an aromatic ring is 1. The van der Waals surface area contributed by atoms with Gasteiger partial charge in [0.2, 0.25) is 0 Å². The predicted molar refractivity (Wildman–Crippen MR) is 62.0 cm³/mol. The number of hydrogen-bond donors (Lipinski definition) is 1. The van der Waals surface area contributed by atoms with E-state index in [9.17, 15) is 0 Å². The number of nitrogens with zero attached hydrogens (tertiary/aromatic N) is 2. The molecule has 1 heterocycles. The third-order valence-electron chi connectivity index (χ3n) is 1.73. The van der Waals surface area contributed by atoms with Gasteiger partial charge in [-0.3, -0.25) is 4.98 Å². The highest BCUT2D eigenvalue weighted by Gasteiger charge is 2.03. The molecule has 0 atom stereocenters. The lowest BCUT2D eigenvalue weighted by molar-refractivity contribution is 1.05. The van der Waals surface area contributed by atoms with Gasteiger partial charge in [-0.05, 0) is 18.2 Å². The molecule has 3 nitrogen and oxygen atoms in total. The molecule has 1 aromatic carbocycles. The second-order valence-electron chi connectivity index (χ2n) is 2.83. The summed E-state index contributed by atoms with van der Waals surface area (Å²) in [7, 11) is 0. The van der Waals surface area contributed by atoms with E-state index < -0.39 is 0 Å². The van der Waals surface area contributed by atoms with Crippen LogP contribution in [0.4, 0.5) is 5.69 Å². The zero-order chi connectivity index (χ0) is 10.7. The first-order valence-electron chi connectivity index (χ1n) is 4.24. The van der Waals surface area contributed by atoms with Gasteiger partial charge < -0.3 is 5.73 Å². The Morgan fingerprint density at radius 2 is 2.13 bits per heavy atom. The second kappa shape index (κ2) is 4.51. The molecule has 0 bridgehead atoms. The monoisotopic (exact) mass is 237 g/mol. The van der Waals surface area contributed by atoms with Crippen molar-refractivity contribution < 1.29 is 0 Å². The van der Waals surface area contributed by atoms with Crippen molar-refractivity contribution in [2.75, 3.05) is 5.73 Å². The molecule has 0 aliphatic carbocycles. The lowest BCUT2D eigenvalue weighted by atomic mass is 10.3. The van der Waals surface area contributed by atoms with Gasteiger partial charge in [0, 0.05) is 28.0 Å². The molecule has 15 heavy (non-hydrogen) atoms. The Morgan fingerprint density at radius 3 is 2.80 bits per heavy atom. The Balaban J connectivity index is 2.25. The number of aromatic nitrogens is 2. The van der Waals surface area contributed by atoms with E-state index in [1.807, 2.05) is 6.07 Å². The molecule has 0 fully saturated rings. The van der Waals surface area contributed by atoms with E-state index in [-0.39, 0.29) is 0 Å². The lowest BCUT2D eigenvalue weighted by Crippen LogP contribution is -1.89. The molecular weight excluding hydrogens is 230 g/mol. The van der Waals surface area contributed by atoms with Crippen LogP contribution < -0.4 is 5.73 Å². The van der Waals surface area contributed by atoms with Crippen molar-refractivity contribution in [1.82, 2.24) is 9.97 Å². The van der Waals surface area contributed by atoms with Crippen LogP contribution in [0.25, 0.3) is 0 Å². The maximum absolute atomic E-state index is 5.82. The summed E-state index contributed by atoms with van der Waals surface area (Å²) in [6, 6.07) is 5.40. The second-order valence-corrected chi connectivity index (χ2v) is 4.33. The number of rotatable bonds is 2. The number of nitrogens with two attached hydrogens (primary N) is 1. The van der Waals surface area contributed by atoms with Gasteiger partial charge in [-0.1, -0.05) is 23.4 Å². The molecule has 0 aliphatic heterocycles. The third kappa shape index (κ3) is 2.61. The van der Waals surface area contributed by atoms with Crippen LogP contribution in [-0.2, 0) is 0 Å². The van der Waals surface area contributed by atoms with Gasteiger partial charge in [0.1, 0.15) is 5.03 Å². The maximum Gasteiger partial charge on any atom is 0.119 e. The van der Waals surface area contributed by atoms with Crippen molar-refractivity contribution in [3.63, 3.8) is 0 Å². The van der Waals surface area contributed by atoms with Crippen LogP contribution in [0.15, 0.2) is 46.7 Å². The first kappa shape index (κ1) is 10.3. The fourth-order valence-electron chi connectivity index (χ4n) is 1.06. The third-order valence-corrected chi connectivity index (χ3v) is 2.97. The van der Waals surface area contributed by atoms with Crippen molar-refractivity contribution >= 4 is 29.1 Å². The van der Waals surface area contributed by atoms with Crippen molar-refractivity contribution in [2.45, 2.75) is 9.92 Å². The summed E-state index contributed by atoms with van der Waals surface area (Å²) in [5.41, 5.74) is 6.47. The van der Waals surface area contributed by atoms with Crippen LogP contribution in [0.5, 0.6) is 0 Å². The summed E-state index contributed by atoms with van der Waals surface area (Å²) >= 11 is 7.27. The summed E-state index contributed by atoms with van der Waals surface area (Å²) in [6.45, 7) is 0. The smallest absolute Gasteiger partial charge is 0.119 e. The van der Waals surface area contributed by atoms with Crippen LogP contribution >= 0.6 is 23.4 Å². The van der Waals surface area contributed by atoms with Crippen molar-refractivity contribution in [2.24, 2.45) is 0 Å². The lowest BCUT2D eigenvalue weighted by Gasteiger charge is -2.04. The molecule has 0 aliphatic rings. The highest BCUT2D eigenvalue weighted by molar-refractivity contribution is 7.99. The number of benzene rings is 1. The molecule has 0 radical (unpaired) electrons. The molecule has 2 N–H and O–H groups in total. The quantitative estimate of drug-likeness (QED) is 0.816. The molecule has 2 rings (SSSR count). The topological polar surface area (TPSA) is 51.8 Å². The van der Waals surface area contributed by atoms with E-state index in [0.717, 1.165) is 9.92 Å². The first-order valence-corrected chi connectivity index (χ1v) is 5.44. The predicted octanol–water partition coefficient (Wildman–Crippen LogP) is 2.86. The van der Waals surface area contributed by atoms with Crippen molar-refractivity contribution in [3.8, 4) is 0 Å². The fraction of sp³-hybridized carbons (Fsp3) is 0. The average Bonchev–Trinajstić information content (AvgIpc) is 2.24. The van der Waals surface area contributed by atoms with Crippen molar-refractivity contribution in [3.05, 3.63) is 41.8 Å². The number of hydrogen-bond acceptors (Lipinski definition) is 4. The van der Waals surface area contributed by atoms with Gasteiger partial charge in [-0.2, -0.15) is 0 Å². The molecular formula is C10H8ClN3S. The van der Waals surface area contributed by atoms with Crippen LogP contribution in [0.1, 0.15) is 0 Å².